The van der Waals surface area contributed by atoms with E-state index in [9.17, 15) is 9.59 Å². The highest BCUT2D eigenvalue weighted by atomic mass is 35.5. The predicted molar refractivity (Wildman–Crippen MR) is 96.3 cm³/mol. The zero-order valence-corrected chi connectivity index (χ0v) is 16.1. The topological polar surface area (TPSA) is 40.6 Å². The highest BCUT2D eigenvalue weighted by molar-refractivity contribution is 6.25. The molecule has 5 fully saturated rings. The Hall–Kier alpha value is -0.480. The summed E-state index contributed by atoms with van der Waals surface area (Å²) < 4.78 is 0. The fourth-order valence-corrected chi connectivity index (χ4v) is 5.71. The van der Waals surface area contributed by atoms with E-state index in [4.69, 9.17) is 23.2 Å². The van der Waals surface area contributed by atoms with Gasteiger partial charge in [-0.25, -0.2) is 0 Å². The van der Waals surface area contributed by atoms with Gasteiger partial charge in [-0.15, -0.1) is 23.2 Å². The lowest BCUT2D eigenvalue weighted by atomic mass is 9.69. The van der Waals surface area contributed by atoms with Crippen molar-refractivity contribution in [1.29, 1.82) is 0 Å². The maximum absolute atomic E-state index is 13.2. The molecule has 0 aromatic carbocycles. The van der Waals surface area contributed by atoms with E-state index in [0.717, 1.165) is 38.5 Å². The normalized spacial score (nSPS) is 38.7. The third-order valence-corrected chi connectivity index (χ3v) is 6.98. The van der Waals surface area contributed by atoms with Crippen LogP contribution in [0.3, 0.4) is 0 Å². The summed E-state index contributed by atoms with van der Waals surface area (Å²) in [5.74, 6) is -0.236. The summed E-state index contributed by atoms with van der Waals surface area (Å²) in [4.78, 5) is 30.1. The van der Waals surface area contributed by atoms with Crippen molar-refractivity contribution in [1.82, 2.24) is 9.80 Å². The molecule has 2 amide bonds. The van der Waals surface area contributed by atoms with Gasteiger partial charge >= 0.3 is 0 Å². The standard InChI is InChI=1S/C18H28Cl2N2O2/c1-3-5-9-21-15-11-7-8-12(19)13(18(21)24)16(14(15)20)22(17(11)23)10-6-4-2/h11-16H,3-10H2,1-2H3/t11-,12+,13?,14-,15+,16?/m0/s1. The van der Waals surface area contributed by atoms with Gasteiger partial charge in [0.25, 0.3) is 0 Å². The van der Waals surface area contributed by atoms with Gasteiger partial charge in [0.2, 0.25) is 11.8 Å². The maximum Gasteiger partial charge on any atom is 0.229 e. The van der Waals surface area contributed by atoms with Crippen LogP contribution < -0.4 is 0 Å². The number of amides is 2. The number of piperidine rings is 2. The number of rotatable bonds is 6. The first-order valence-electron chi connectivity index (χ1n) is 9.42. The third-order valence-electron chi connectivity index (χ3n) is 5.97. The zero-order chi connectivity index (χ0) is 17.4. The van der Waals surface area contributed by atoms with E-state index >= 15 is 0 Å². The molecule has 6 heteroatoms. The molecule has 5 aliphatic rings. The number of unbranched alkanes of at least 4 members (excludes halogenated alkanes) is 2. The van der Waals surface area contributed by atoms with Crippen LogP contribution in [-0.2, 0) is 9.59 Å². The van der Waals surface area contributed by atoms with Crippen LogP contribution in [-0.4, -0.2) is 57.5 Å². The molecule has 4 bridgehead atoms. The van der Waals surface area contributed by atoms with Crippen LogP contribution in [0.25, 0.3) is 0 Å². The Labute approximate surface area is 154 Å². The van der Waals surface area contributed by atoms with Crippen molar-refractivity contribution in [2.45, 2.75) is 75.2 Å². The molecule has 4 heterocycles. The number of carbonyl (C=O) groups excluding carboxylic acids is 2. The maximum atomic E-state index is 13.2. The number of fused-ring (bicyclic) bond motifs is 2. The van der Waals surface area contributed by atoms with Crippen LogP contribution in [0.2, 0.25) is 0 Å². The van der Waals surface area contributed by atoms with Crippen molar-refractivity contribution in [3.8, 4) is 0 Å². The van der Waals surface area contributed by atoms with E-state index in [-0.39, 0.29) is 46.5 Å². The fourth-order valence-electron chi connectivity index (χ4n) is 4.72. The minimum atomic E-state index is -0.357. The average molecular weight is 375 g/mol. The predicted octanol–water partition coefficient (Wildman–Crippen LogP) is 3.25. The van der Waals surface area contributed by atoms with Gasteiger partial charge in [-0.05, 0) is 25.7 Å². The van der Waals surface area contributed by atoms with Crippen LogP contribution in [0, 0.1) is 11.8 Å². The van der Waals surface area contributed by atoms with Crippen LogP contribution in [0.5, 0.6) is 0 Å². The van der Waals surface area contributed by atoms with Gasteiger partial charge in [0.05, 0.1) is 29.3 Å². The lowest BCUT2D eigenvalue weighted by Crippen LogP contribution is -2.75. The summed E-state index contributed by atoms with van der Waals surface area (Å²) >= 11 is 13.5. The van der Waals surface area contributed by atoms with Crippen molar-refractivity contribution in [3.05, 3.63) is 0 Å². The molecule has 136 valence electrons. The molecule has 0 radical (unpaired) electrons. The number of halogens is 2. The van der Waals surface area contributed by atoms with Crippen molar-refractivity contribution >= 4 is 35.0 Å². The molecule has 2 unspecified atom stereocenters. The summed E-state index contributed by atoms with van der Waals surface area (Å²) in [5, 5.41) is -0.431. The van der Waals surface area contributed by atoms with Crippen LogP contribution in [0.4, 0.5) is 0 Å². The number of alkyl halides is 2. The number of carbonyl (C=O) groups is 2. The second-order valence-corrected chi connectivity index (χ2v) is 8.49. The highest BCUT2D eigenvalue weighted by Gasteiger charge is 2.61. The smallest absolute Gasteiger partial charge is 0.229 e. The Morgan fingerprint density at radius 3 is 2.08 bits per heavy atom. The van der Waals surface area contributed by atoms with Gasteiger partial charge in [-0.1, -0.05) is 26.7 Å². The molecule has 0 aromatic heterocycles. The van der Waals surface area contributed by atoms with Crippen molar-refractivity contribution < 1.29 is 9.59 Å². The molecule has 0 N–H and O–H groups in total. The molecule has 4 aliphatic heterocycles. The third kappa shape index (κ3) is 2.84. The molecule has 0 spiro atoms. The first kappa shape index (κ1) is 18.3. The molecule has 4 nitrogen and oxygen atoms in total. The first-order valence-corrected chi connectivity index (χ1v) is 10.3. The van der Waals surface area contributed by atoms with Crippen LogP contribution >= 0.6 is 23.2 Å². The van der Waals surface area contributed by atoms with Crippen molar-refractivity contribution in [2.75, 3.05) is 13.1 Å². The fraction of sp³-hybridized carbons (Fsp3) is 0.889. The Kier molecular flexibility index (Phi) is 5.65. The van der Waals surface area contributed by atoms with Crippen LogP contribution in [0.15, 0.2) is 0 Å². The van der Waals surface area contributed by atoms with E-state index in [1.165, 1.54) is 0 Å². The van der Waals surface area contributed by atoms with Gasteiger partial charge in [0.15, 0.2) is 0 Å². The van der Waals surface area contributed by atoms with Crippen LogP contribution in [0.1, 0.15) is 52.4 Å². The van der Waals surface area contributed by atoms with Gasteiger partial charge in [-0.3, -0.25) is 9.59 Å². The molecule has 24 heavy (non-hydrogen) atoms. The zero-order valence-electron chi connectivity index (χ0n) is 14.6. The molecule has 5 rings (SSSR count). The lowest BCUT2D eigenvalue weighted by molar-refractivity contribution is -0.169. The number of nitrogens with zero attached hydrogens (tertiary/aromatic N) is 2. The summed E-state index contributed by atoms with van der Waals surface area (Å²) in [6.07, 6.45) is 5.39. The quantitative estimate of drug-likeness (QED) is 0.669. The van der Waals surface area contributed by atoms with Gasteiger partial charge in [-0.2, -0.15) is 0 Å². The van der Waals surface area contributed by atoms with Gasteiger partial charge in [0.1, 0.15) is 0 Å². The average Bonchev–Trinajstić information content (AvgIpc) is 2.55. The van der Waals surface area contributed by atoms with E-state index < -0.39 is 0 Å². The molecule has 4 saturated heterocycles. The van der Waals surface area contributed by atoms with E-state index in [2.05, 4.69) is 13.8 Å². The summed E-state index contributed by atoms with van der Waals surface area (Å²) in [6, 6.07) is -0.387. The monoisotopic (exact) mass is 374 g/mol. The lowest BCUT2D eigenvalue weighted by Gasteiger charge is -2.59. The Bertz CT molecular complexity index is 495. The number of hydrogen-bond acceptors (Lipinski definition) is 2. The molecular weight excluding hydrogens is 347 g/mol. The van der Waals surface area contributed by atoms with Crippen molar-refractivity contribution in [3.63, 3.8) is 0 Å². The minimum Gasteiger partial charge on any atom is -0.337 e. The van der Waals surface area contributed by atoms with Crippen molar-refractivity contribution in [2.24, 2.45) is 11.8 Å². The second kappa shape index (κ2) is 7.41. The first-order chi connectivity index (χ1) is 11.5. The molecule has 6 atom stereocenters. The Morgan fingerprint density at radius 1 is 0.917 bits per heavy atom. The minimum absolute atomic E-state index is 0.119. The Balaban J connectivity index is 1.99. The molecular formula is C18H28Cl2N2O2. The van der Waals surface area contributed by atoms with Gasteiger partial charge < -0.3 is 9.80 Å². The van der Waals surface area contributed by atoms with E-state index in [1.54, 1.807) is 0 Å². The molecule has 1 saturated carbocycles. The van der Waals surface area contributed by atoms with Gasteiger partial charge in [0, 0.05) is 18.5 Å². The largest absolute Gasteiger partial charge is 0.337 e. The Morgan fingerprint density at radius 2 is 1.50 bits per heavy atom. The second-order valence-electron chi connectivity index (χ2n) is 7.42. The molecule has 1 aliphatic carbocycles. The SMILES string of the molecule is CCCCN1C(=O)[C@H]2CC[C@@H](Cl)C3C(=O)N(CCCC)[C@H]2[C@H](Cl)C31. The summed E-state index contributed by atoms with van der Waals surface area (Å²) in [5.41, 5.74) is 0. The van der Waals surface area contributed by atoms with E-state index in [1.807, 2.05) is 9.80 Å². The summed E-state index contributed by atoms with van der Waals surface area (Å²) in [6.45, 7) is 5.60. The highest BCUT2D eigenvalue weighted by Crippen LogP contribution is 2.47. The summed E-state index contributed by atoms with van der Waals surface area (Å²) in [7, 11) is 0. The van der Waals surface area contributed by atoms with E-state index in [0.29, 0.717) is 13.1 Å². The number of hydrogen-bond donors (Lipinski definition) is 0. The molecule has 0 aromatic rings.